The number of ether oxygens (including phenoxy) is 1. The Morgan fingerprint density at radius 3 is 2.40 bits per heavy atom. The minimum Gasteiger partial charge on any atom is -0.358 e. The maximum Gasteiger partial charge on any atom is 0.152 e. The van der Waals surface area contributed by atoms with E-state index in [0.29, 0.717) is 0 Å². The van der Waals surface area contributed by atoms with Crippen LogP contribution in [0, 0.1) is 5.41 Å². The Morgan fingerprint density at radius 2 is 1.80 bits per heavy atom. The molecule has 110 valence electrons. The number of hydrogen-bond acceptors (Lipinski definition) is 2. The van der Waals surface area contributed by atoms with Crippen molar-refractivity contribution in [1.29, 1.82) is 0 Å². The number of fused-ring (bicyclic) bond motifs is 1. The number of allylic oxidation sites excluding steroid dienone is 5. The average molecular weight is 274 g/mol. The smallest absolute Gasteiger partial charge is 0.152 e. The highest BCUT2D eigenvalue weighted by molar-refractivity contribution is 5.87. The molecule has 1 saturated carbocycles. The van der Waals surface area contributed by atoms with Gasteiger partial charge in [-0.2, -0.15) is 0 Å². The highest BCUT2D eigenvalue weighted by Crippen LogP contribution is 2.66. The Bertz CT molecular complexity index is 496. The van der Waals surface area contributed by atoms with Crippen LogP contribution >= 0.6 is 0 Å². The number of carbonyl (C=O) groups is 1. The summed E-state index contributed by atoms with van der Waals surface area (Å²) in [5, 5.41) is 0. The number of carbonyl (C=O) groups excluding carboxylic acids is 1. The van der Waals surface area contributed by atoms with Crippen molar-refractivity contribution < 1.29 is 9.53 Å². The fourth-order valence-corrected chi connectivity index (χ4v) is 3.55. The fourth-order valence-electron chi connectivity index (χ4n) is 3.55. The monoisotopic (exact) mass is 274 g/mol. The highest BCUT2D eigenvalue weighted by Gasteiger charge is 2.72. The van der Waals surface area contributed by atoms with Gasteiger partial charge in [-0.25, -0.2) is 0 Å². The lowest BCUT2D eigenvalue weighted by Gasteiger charge is -2.36. The Balaban J connectivity index is 2.13. The van der Waals surface area contributed by atoms with Gasteiger partial charge in [0.1, 0.15) is 5.60 Å². The van der Waals surface area contributed by atoms with Crippen molar-refractivity contribution in [2.75, 3.05) is 0 Å². The van der Waals surface area contributed by atoms with Crippen LogP contribution in [0.25, 0.3) is 0 Å². The Hall–Kier alpha value is -1.15. The van der Waals surface area contributed by atoms with Crippen molar-refractivity contribution >= 4 is 5.78 Å². The van der Waals surface area contributed by atoms with E-state index in [1.54, 1.807) is 19.1 Å². The summed E-state index contributed by atoms with van der Waals surface area (Å²) < 4.78 is 6.18. The third-order valence-corrected chi connectivity index (χ3v) is 4.86. The van der Waals surface area contributed by atoms with Gasteiger partial charge in [-0.05, 0) is 52.2 Å². The van der Waals surface area contributed by atoms with Crippen LogP contribution in [0.15, 0.2) is 36.0 Å². The van der Waals surface area contributed by atoms with Crippen molar-refractivity contribution in [1.82, 2.24) is 0 Å². The Morgan fingerprint density at radius 1 is 1.10 bits per heavy atom. The van der Waals surface area contributed by atoms with Crippen LogP contribution in [-0.2, 0) is 9.53 Å². The molecule has 1 heterocycles. The van der Waals surface area contributed by atoms with Crippen LogP contribution in [0.4, 0.5) is 0 Å². The molecule has 1 aliphatic carbocycles. The van der Waals surface area contributed by atoms with Crippen LogP contribution in [0.3, 0.4) is 0 Å². The predicted molar refractivity (Wildman–Crippen MR) is 82.6 cm³/mol. The summed E-state index contributed by atoms with van der Waals surface area (Å²) in [6.45, 7) is 10.4. The second-order valence-corrected chi connectivity index (χ2v) is 7.02. The maximum absolute atomic E-state index is 10.9. The van der Waals surface area contributed by atoms with Crippen molar-refractivity contribution in [3.8, 4) is 0 Å². The van der Waals surface area contributed by atoms with Crippen molar-refractivity contribution in [2.24, 2.45) is 5.41 Å². The van der Waals surface area contributed by atoms with E-state index in [1.807, 2.05) is 13.0 Å². The molecule has 2 atom stereocenters. The number of ketones is 1. The molecule has 0 N–H and O–H groups in total. The van der Waals surface area contributed by atoms with Gasteiger partial charge in [-0.15, -0.1) is 0 Å². The van der Waals surface area contributed by atoms with Crippen LogP contribution in [-0.4, -0.2) is 17.0 Å². The molecule has 20 heavy (non-hydrogen) atoms. The van der Waals surface area contributed by atoms with Gasteiger partial charge in [0.25, 0.3) is 0 Å². The summed E-state index contributed by atoms with van der Waals surface area (Å²) >= 11 is 0. The van der Waals surface area contributed by atoms with E-state index in [9.17, 15) is 4.79 Å². The highest BCUT2D eigenvalue weighted by atomic mass is 16.6. The third-order valence-electron chi connectivity index (χ3n) is 4.86. The van der Waals surface area contributed by atoms with Crippen LogP contribution in [0.1, 0.15) is 53.9 Å². The van der Waals surface area contributed by atoms with Crippen LogP contribution in [0.2, 0.25) is 0 Å². The van der Waals surface area contributed by atoms with E-state index < -0.39 is 0 Å². The molecule has 2 aliphatic rings. The van der Waals surface area contributed by atoms with Crippen molar-refractivity contribution in [3.05, 3.63) is 36.0 Å². The molecular weight excluding hydrogens is 248 g/mol. The van der Waals surface area contributed by atoms with Gasteiger partial charge in [0.2, 0.25) is 0 Å². The molecule has 0 aromatic heterocycles. The zero-order chi connectivity index (χ0) is 15.0. The SMILES string of the molecule is CC(=O)/C=C/C=C(C)/C=C/C12OC1(C)CCCC2(C)C. The van der Waals surface area contributed by atoms with E-state index in [0.717, 1.165) is 12.0 Å². The topological polar surface area (TPSA) is 29.6 Å². The molecule has 0 aromatic carbocycles. The van der Waals surface area contributed by atoms with Crippen molar-refractivity contribution in [2.45, 2.75) is 65.1 Å². The molecule has 0 radical (unpaired) electrons. The van der Waals surface area contributed by atoms with E-state index in [2.05, 4.69) is 32.9 Å². The molecule has 1 aliphatic heterocycles. The lowest BCUT2D eigenvalue weighted by Crippen LogP contribution is -2.41. The first-order valence-corrected chi connectivity index (χ1v) is 7.47. The molecule has 1 saturated heterocycles. The van der Waals surface area contributed by atoms with Gasteiger partial charge in [0, 0.05) is 5.41 Å². The molecule has 2 nitrogen and oxygen atoms in total. The molecule has 0 aromatic rings. The average Bonchev–Trinajstić information content (AvgIpc) is 2.94. The predicted octanol–water partition coefficient (Wildman–Crippen LogP) is 4.37. The number of hydrogen-bond donors (Lipinski definition) is 0. The van der Waals surface area contributed by atoms with Gasteiger partial charge in [0.05, 0.1) is 5.60 Å². The van der Waals surface area contributed by atoms with Crippen LogP contribution < -0.4 is 0 Å². The van der Waals surface area contributed by atoms with E-state index in [1.165, 1.54) is 12.8 Å². The van der Waals surface area contributed by atoms with Gasteiger partial charge in [-0.1, -0.05) is 37.6 Å². The largest absolute Gasteiger partial charge is 0.358 e. The summed E-state index contributed by atoms with van der Waals surface area (Å²) in [4.78, 5) is 10.9. The molecule has 2 unspecified atom stereocenters. The quantitative estimate of drug-likeness (QED) is 0.433. The standard InChI is InChI=1S/C18H26O2/c1-14(8-6-9-15(2)19)10-13-18-16(3,4)11-7-12-17(18,5)20-18/h6,8-10,13H,7,11-12H2,1-5H3/b9-6+,13-10+,14-8+. The summed E-state index contributed by atoms with van der Waals surface area (Å²) in [7, 11) is 0. The molecule has 2 fully saturated rings. The zero-order valence-corrected chi connectivity index (χ0v) is 13.3. The van der Waals surface area contributed by atoms with E-state index in [4.69, 9.17) is 4.74 Å². The van der Waals surface area contributed by atoms with Gasteiger partial charge in [-0.3, -0.25) is 4.79 Å². The second kappa shape index (κ2) is 5.00. The molecular formula is C18H26O2. The minimum absolute atomic E-state index is 0.0146. The summed E-state index contributed by atoms with van der Waals surface area (Å²) in [6.07, 6.45) is 13.3. The summed E-state index contributed by atoms with van der Waals surface area (Å²) in [5.74, 6) is 0.0724. The Labute approximate surface area is 122 Å². The Kier molecular flexibility index (Phi) is 3.81. The number of rotatable bonds is 4. The third kappa shape index (κ3) is 2.54. The fraction of sp³-hybridized carbons (Fsp3) is 0.611. The summed E-state index contributed by atoms with van der Waals surface area (Å²) in [5.41, 5.74) is 1.22. The molecule has 0 spiro atoms. The van der Waals surface area contributed by atoms with E-state index >= 15 is 0 Å². The van der Waals surface area contributed by atoms with Crippen molar-refractivity contribution in [3.63, 3.8) is 0 Å². The second-order valence-electron chi connectivity index (χ2n) is 7.02. The minimum atomic E-state index is -0.113. The molecule has 0 amide bonds. The first kappa shape index (κ1) is 15.2. The van der Waals surface area contributed by atoms with Gasteiger partial charge >= 0.3 is 0 Å². The van der Waals surface area contributed by atoms with Crippen LogP contribution in [0.5, 0.6) is 0 Å². The number of epoxide rings is 1. The molecule has 0 bridgehead atoms. The molecule has 2 heteroatoms. The maximum atomic E-state index is 10.9. The van der Waals surface area contributed by atoms with Gasteiger partial charge in [0.15, 0.2) is 5.78 Å². The lowest BCUT2D eigenvalue weighted by atomic mass is 9.64. The normalized spacial score (nSPS) is 36.4. The first-order valence-electron chi connectivity index (χ1n) is 7.47. The van der Waals surface area contributed by atoms with Gasteiger partial charge < -0.3 is 4.74 Å². The van der Waals surface area contributed by atoms with E-state index in [-0.39, 0.29) is 22.4 Å². The lowest BCUT2D eigenvalue weighted by molar-refractivity contribution is -0.112. The summed E-state index contributed by atoms with van der Waals surface area (Å²) in [6, 6.07) is 0. The zero-order valence-electron chi connectivity index (χ0n) is 13.3. The molecule has 2 rings (SSSR count). The first-order chi connectivity index (χ1) is 9.22.